The highest BCUT2D eigenvalue weighted by molar-refractivity contribution is 5.90. The Morgan fingerprint density at radius 3 is 2.62 bits per heavy atom. The van der Waals surface area contributed by atoms with Gasteiger partial charge in [-0.05, 0) is 56.0 Å². The maximum Gasteiger partial charge on any atom is 0.226 e. The molecule has 1 saturated carbocycles. The van der Waals surface area contributed by atoms with Gasteiger partial charge in [0.15, 0.2) is 0 Å². The molecule has 2 heterocycles. The maximum atomic E-state index is 13.2. The summed E-state index contributed by atoms with van der Waals surface area (Å²) in [5.74, 6) is 1.21. The number of hydrogen-bond acceptors (Lipinski definition) is 5. The van der Waals surface area contributed by atoms with Crippen LogP contribution in [0.3, 0.4) is 0 Å². The van der Waals surface area contributed by atoms with Crippen LogP contribution in [-0.2, 0) is 16.1 Å². The average Bonchev–Trinajstić information content (AvgIpc) is 3.60. The average molecular weight is 437 g/mol. The van der Waals surface area contributed by atoms with Crippen LogP contribution in [0.4, 0.5) is 5.82 Å². The fraction of sp³-hybridized carbons (Fsp3) is 0.480. The molecule has 1 saturated heterocycles. The van der Waals surface area contributed by atoms with Crippen molar-refractivity contribution in [1.29, 1.82) is 0 Å². The number of carbonyl (C=O) groups is 2. The number of anilines is 1. The smallest absolute Gasteiger partial charge is 0.226 e. The Bertz CT molecular complexity index is 954. The normalized spacial score (nSPS) is 20.3. The van der Waals surface area contributed by atoms with Crippen LogP contribution < -0.4 is 15.0 Å². The molecule has 32 heavy (non-hydrogen) atoms. The molecule has 0 radical (unpaired) electrons. The molecule has 7 heteroatoms. The molecule has 2 aliphatic rings. The van der Waals surface area contributed by atoms with Crippen LogP contribution in [0.1, 0.15) is 50.3 Å². The van der Waals surface area contributed by atoms with E-state index in [0.29, 0.717) is 6.54 Å². The zero-order valence-electron chi connectivity index (χ0n) is 19.1. The molecule has 2 amide bonds. The number of nitrogens with zero attached hydrogens (tertiary/aromatic N) is 3. The lowest BCUT2D eigenvalue weighted by atomic mass is 9.92. The van der Waals surface area contributed by atoms with E-state index < -0.39 is 5.92 Å². The summed E-state index contributed by atoms with van der Waals surface area (Å²) in [4.78, 5) is 34.7. The van der Waals surface area contributed by atoms with Gasteiger partial charge in [0.1, 0.15) is 11.6 Å². The number of aromatic nitrogens is 1. The summed E-state index contributed by atoms with van der Waals surface area (Å²) in [6.45, 7) is 6.40. The van der Waals surface area contributed by atoms with E-state index in [1.165, 1.54) is 0 Å². The molecule has 0 bridgehead atoms. The Labute approximate surface area is 189 Å². The summed E-state index contributed by atoms with van der Waals surface area (Å²) >= 11 is 0. The fourth-order valence-corrected chi connectivity index (χ4v) is 4.57. The van der Waals surface area contributed by atoms with E-state index in [-0.39, 0.29) is 30.3 Å². The van der Waals surface area contributed by atoms with E-state index in [4.69, 9.17) is 4.74 Å². The van der Waals surface area contributed by atoms with Crippen LogP contribution >= 0.6 is 0 Å². The first-order valence-corrected chi connectivity index (χ1v) is 11.5. The van der Waals surface area contributed by atoms with Crippen molar-refractivity contribution < 1.29 is 14.3 Å². The van der Waals surface area contributed by atoms with Gasteiger partial charge in [-0.15, -0.1) is 0 Å². The highest BCUT2D eigenvalue weighted by Crippen LogP contribution is 2.45. The lowest BCUT2D eigenvalue weighted by molar-refractivity contribution is -0.129. The van der Waals surface area contributed by atoms with Gasteiger partial charge in [-0.25, -0.2) is 4.98 Å². The quantitative estimate of drug-likeness (QED) is 0.653. The van der Waals surface area contributed by atoms with Gasteiger partial charge in [0.25, 0.3) is 0 Å². The summed E-state index contributed by atoms with van der Waals surface area (Å²) in [5, 5.41) is 3.04. The third-order valence-corrected chi connectivity index (χ3v) is 6.44. The van der Waals surface area contributed by atoms with Crippen LogP contribution in [0.15, 0.2) is 42.6 Å². The molecule has 2 atom stereocenters. The summed E-state index contributed by atoms with van der Waals surface area (Å²) in [6, 6.07) is 11.7. The van der Waals surface area contributed by atoms with Crippen molar-refractivity contribution in [3.8, 4) is 5.75 Å². The molecule has 4 rings (SSSR count). The molecule has 1 aliphatic carbocycles. The number of rotatable bonds is 9. The lowest BCUT2D eigenvalue weighted by Crippen LogP contribution is -2.36. The van der Waals surface area contributed by atoms with E-state index in [2.05, 4.69) is 29.0 Å². The molecular weight excluding hydrogens is 404 g/mol. The third kappa shape index (κ3) is 4.56. The highest BCUT2D eigenvalue weighted by Gasteiger charge is 2.49. The first kappa shape index (κ1) is 22.1. The fourth-order valence-electron chi connectivity index (χ4n) is 4.57. The molecule has 0 unspecified atom stereocenters. The van der Waals surface area contributed by atoms with Crippen molar-refractivity contribution >= 4 is 17.6 Å². The lowest BCUT2D eigenvalue weighted by Gasteiger charge is -2.28. The van der Waals surface area contributed by atoms with Crippen LogP contribution in [0, 0.1) is 5.92 Å². The van der Waals surface area contributed by atoms with Crippen molar-refractivity contribution in [2.75, 3.05) is 25.1 Å². The predicted octanol–water partition coefficient (Wildman–Crippen LogP) is 3.30. The van der Waals surface area contributed by atoms with Crippen molar-refractivity contribution in [3.63, 3.8) is 0 Å². The van der Waals surface area contributed by atoms with Crippen molar-refractivity contribution in [2.45, 2.75) is 51.7 Å². The summed E-state index contributed by atoms with van der Waals surface area (Å²) in [5.41, 5.74) is 1.89. The minimum absolute atomic E-state index is 0.0608. The molecule has 1 aromatic heterocycles. The largest absolute Gasteiger partial charge is 0.497 e. The number of nitrogens with one attached hydrogen (secondary N) is 1. The molecule has 170 valence electrons. The zero-order chi connectivity index (χ0) is 22.7. The summed E-state index contributed by atoms with van der Waals surface area (Å²) in [6.07, 6.45) is 4.06. The number of benzene rings is 1. The van der Waals surface area contributed by atoms with E-state index in [1.54, 1.807) is 7.11 Å². The maximum absolute atomic E-state index is 13.2. The Balaban J connectivity index is 1.48. The monoisotopic (exact) mass is 436 g/mol. The van der Waals surface area contributed by atoms with Gasteiger partial charge in [0.2, 0.25) is 11.8 Å². The van der Waals surface area contributed by atoms with Crippen LogP contribution in [-0.4, -0.2) is 47.9 Å². The highest BCUT2D eigenvalue weighted by atomic mass is 16.5. The Morgan fingerprint density at radius 1 is 1.22 bits per heavy atom. The number of pyridine rings is 1. The second kappa shape index (κ2) is 9.59. The topological polar surface area (TPSA) is 74.8 Å². The Kier molecular flexibility index (Phi) is 6.63. The SMILES string of the molecule is CCN(CC)c1ccc(CNC(=O)[C@@H]2CC(=O)N(C3CC3)[C@@H]2c2cccc(OC)c2)cn1. The number of carbonyl (C=O) groups excluding carboxylic acids is 2. The van der Waals surface area contributed by atoms with Crippen LogP contribution in [0.25, 0.3) is 0 Å². The van der Waals surface area contributed by atoms with Gasteiger partial charge in [0, 0.05) is 38.3 Å². The molecule has 0 spiro atoms. The first-order chi connectivity index (χ1) is 15.5. The van der Waals surface area contributed by atoms with Gasteiger partial charge in [-0.1, -0.05) is 18.2 Å². The number of hydrogen-bond donors (Lipinski definition) is 1. The molecule has 1 aromatic carbocycles. The summed E-state index contributed by atoms with van der Waals surface area (Å²) in [7, 11) is 1.63. The standard InChI is InChI=1S/C25H32N4O3/c1-4-28(5-2)22-12-9-17(15-26-22)16-27-25(31)21-14-23(30)29(19-10-11-19)24(21)18-7-6-8-20(13-18)32-3/h6-9,12-13,15,19,21,24H,4-5,10-11,14,16H2,1-3H3,(H,27,31)/t21-,24-/m1/s1. The minimum atomic E-state index is -0.418. The zero-order valence-corrected chi connectivity index (χ0v) is 19.1. The molecule has 1 aliphatic heterocycles. The van der Waals surface area contributed by atoms with E-state index in [0.717, 1.165) is 48.6 Å². The van der Waals surface area contributed by atoms with Gasteiger partial charge in [-0.3, -0.25) is 9.59 Å². The first-order valence-electron chi connectivity index (χ1n) is 11.5. The van der Waals surface area contributed by atoms with Gasteiger partial charge >= 0.3 is 0 Å². The van der Waals surface area contributed by atoms with E-state index >= 15 is 0 Å². The van der Waals surface area contributed by atoms with Crippen LogP contribution in [0.5, 0.6) is 5.75 Å². The number of likely N-dealkylation sites (tertiary alicyclic amines) is 1. The second-order valence-electron chi connectivity index (χ2n) is 8.48. The minimum Gasteiger partial charge on any atom is -0.497 e. The molecule has 2 fully saturated rings. The Hall–Kier alpha value is -3.09. The molecule has 2 aromatic rings. The number of ether oxygens (including phenoxy) is 1. The third-order valence-electron chi connectivity index (χ3n) is 6.44. The molecular formula is C25H32N4O3. The number of amides is 2. The Morgan fingerprint density at radius 2 is 2.00 bits per heavy atom. The van der Waals surface area contributed by atoms with E-state index in [1.807, 2.05) is 47.5 Å². The van der Waals surface area contributed by atoms with Crippen molar-refractivity contribution in [2.24, 2.45) is 5.92 Å². The summed E-state index contributed by atoms with van der Waals surface area (Å²) < 4.78 is 5.38. The van der Waals surface area contributed by atoms with Crippen LogP contribution in [0.2, 0.25) is 0 Å². The van der Waals surface area contributed by atoms with Crippen molar-refractivity contribution in [1.82, 2.24) is 15.2 Å². The predicted molar refractivity (Wildman–Crippen MR) is 123 cm³/mol. The molecule has 1 N–H and O–H groups in total. The van der Waals surface area contributed by atoms with Gasteiger partial charge in [0.05, 0.1) is 19.1 Å². The van der Waals surface area contributed by atoms with Crippen molar-refractivity contribution in [3.05, 3.63) is 53.7 Å². The molecule has 7 nitrogen and oxygen atoms in total. The number of methoxy groups -OCH3 is 1. The second-order valence-corrected chi connectivity index (χ2v) is 8.48. The van der Waals surface area contributed by atoms with Gasteiger partial charge < -0.3 is 19.9 Å². The van der Waals surface area contributed by atoms with Gasteiger partial charge in [-0.2, -0.15) is 0 Å². The van der Waals surface area contributed by atoms with E-state index in [9.17, 15) is 9.59 Å².